The summed E-state index contributed by atoms with van der Waals surface area (Å²) >= 11 is 0. The molecular formula is C23H31F3N4O. The minimum Gasteiger partial charge on any atom is -0.370 e. The Kier molecular flexibility index (Phi) is 7.15. The molecule has 2 saturated heterocycles. The lowest BCUT2D eigenvalue weighted by Gasteiger charge is -2.38. The minimum absolute atomic E-state index is 0.0222. The van der Waals surface area contributed by atoms with Crippen molar-refractivity contribution in [3.8, 4) is 6.07 Å². The van der Waals surface area contributed by atoms with Crippen molar-refractivity contribution in [1.82, 2.24) is 10.2 Å². The van der Waals surface area contributed by atoms with Crippen molar-refractivity contribution in [2.45, 2.75) is 45.8 Å². The van der Waals surface area contributed by atoms with Gasteiger partial charge in [0.15, 0.2) is 0 Å². The Morgan fingerprint density at radius 1 is 1.26 bits per heavy atom. The lowest BCUT2D eigenvalue weighted by atomic mass is 9.78. The monoisotopic (exact) mass is 436 g/mol. The van der Waals surface area contributed by atoms with Crippen LogP contribution >= 0.6 is 0 Å². The highest BCUT2D eigenvalue weighted by Gasteiger charge is 2.43. The third-order valence-electron chi connectivity index (χ3n) is 6.76. The second kappa shape index (κ2) is 9.47. The van der Waals surface area contributed by atoms with Crippen LogP contribution in [0.3, 0.4) is 0 Å². The SMILES string of the molecule is CCNC(=O)[C@@H]1CN(c2ccc(C#N)c(C(F)(F)F)c2)C[C@H]1C1CCN(C(C)C)CC1. The number of hydrogen-bond acceptors (Lipinski definition) is 4. The lowest BCUT2D eigenvalue weighted by Crippen LogP contribution is -2.43. The van der Waals surface area contributed by atoms with Gasteiger partial charge in [0.05, 0.1) is 23.1 Å². The smallest absolute Gasteiger partial charge is 0.370 e. The number of nitriles is 1. The summed E-state index contributed by atoms with van der Waals surface area (Å²) < 4.78 is 40.3. The highest BCUT2D eigenvalue weighted by Crippen LogP contribution is 2.40. The van der Waals surface area contributed by atoms with E-state index in [-0.39, 0.29) is 23.3 Å². The van der Waals surface area contributed by atoms with Crippen molar-refractivity contribution in [3.63, 3.8) is 0 Å². The fraction of sp³-hybridized carbons (Fsp3) is 0.652. The van der Waals surface area contributed by atoms with Crippen molar-refractivity contribution in [2.75, 3.05) is 37.6 Å². The Hall–Kier alpha value is -2.27. The van der Waals surface area contributed by atoms with E-state index in [0.29, 0.717) is 37.3 Å². The minimum atomic E-state index is -4.59. The van der Waals surface area contributed by atoms with E-state index in [1.165, 1.54) is 6.07 Å². The maximum atomic E-state index is 13.4. The average Bonchev–Trinajstić information content (AvgIpc) is 3.18. The number of anilines is 1. The summed E-state index contributed by atoms with van der Waals surface area (Å²) in [6.45, 7) is 9.67. The number of amides is 1. The molecule has 0 bridgehead atoms. The number of rotatable bonds is 5. The molecule has 1 amide bonds. The zero-order valence-electron chi connectivity index (χ0n) is 18.4. The van der Waals surface area contributed by atoms with Gasteiger partial charge in [0.25, 0.3) is 0 Å². The van der Waals surface area contributed by atoms with Gasteiger partial charge in [-0.25, -0.2) is 0 Å². The van der Waals surface area contributed by atoms with Crippen molar-refractivity contribution in [1.29, 1.82) is 5.26 Å². The van der Waals surface area contributed by atoms with E-state index in [0.717, 1.165) is 32.0 Å². The first-order chi connectivity index (χ1) is 14.7. The largest absolute Gasteiger partial charge is 0.417 e. The van der Waals surface area contributed by atoms with E-state index >= 15 is 0 Å². The van der Waals surface area contributed by atoms with Crippen molar-refractivity contribution in [2.24, 2.45) is 17.8 Å². The van der Waals surface area contributed by atoms with Gasteiger partial charge in [0.2, 0.25) is 5.91 Å². The summed E-state index contributed by atoms with van der Waals surface area (Å²) in [5, 5.41) is 12.0. The van der Waals surface area contributed by atoms with Gasteiger partial charge in [0, 0.05) is 31.4 Å². The molecule has 0 radical (unpaired) electrons. The van der Waals surface area contributed by atoms with Crippen molar-refractivity contribution in [3.05, 3.63) is 29.3 Å². The quantitative estimate of drug-likeness (QED) is 0.761. The third-order valence-corrected chi connectivity index (χ3v) is 6.76. The number of halogens is 3. The molecular weight excluding hydrogens is 405 g/mol. The Morgan fingerprint density at radius 3 is 2.48 bits per heavy atom. The Morgan fingerprint density at radius 2 is 1.94 bits per heavy atom. The summed E-state index contributed by atoms with van der Waals surface area (Å²) in [5.74, 6) is 0.199. The fourth-order valence-electron chi connectivity index (χ4n) is 5.03. The Bertz CT molecular complexity index is 825. The zero-order valence-corrected chi connectivity index (χ0v) is 18.4. The van der Waals surface area contributed by atoms with E-state index < -0.39 is 11.7 Å². The lowest BCUT2D eigenvalue weighted by molar-refractivity contribution is -0.137. The number of carbonyl (C=O) groups is 1. The van der Waals surface area contributed by atoms with E-state index in [9.17, 15) is 18.0 Å². The zero-order chi connectivity index (χ0) is 22.8. The number of hydrogen-bond donors (Lipinski definition) is 1. The summed E-state index contributed by atoms with van der Waals surface area (Å²) in [5.41, 5.74) is -0.883. The number of nitrogens with one attached hydrogen (secondary N) is 1. The maximum Gasteiger partial charge on any atom is 0.417 e. The van der Waals surface area contributed by atoms with Gasteiger partial charge >= 0.3 is 6.18 Å². The van der Waals surface area contributed by atoms with Crippen molar-refractivity contribution < 1.29 is 18.0 Å². The maximum absolute atomic E-state index is 13.4. The first-order valence-corrected chi connectivity index (χ1v) is 11.0. The molecule has 0 spiro atoms. The van der Waals surface area contributed by atoms with Crippen LogP contribution in [0.2, 0.25) is 0 Å². The van der Waals surface area contributed by atoms with E-state index in [1.54, 1.807) is 12.1 Å². The molecule has 1 N–H and O–H groups in total. The van der Waals surface area contributed by atoms with Gasteiger partial charge in [-0.3, -0.25) is 4.79 Å². The number of piperidine rings is 1. The average molecular weight is 437 g/mol. The van der Waals surface area contributed by atoms with Gasteiger partial charge in [-0.05, 0) is 76.7 Å². The number of likely N-dealkylation sites (tertiary alicyclic amines) is 1. The number of alkyl halides is 3. The van der Waals surface area contributed by atoms with Crippen LogP contribution in [0, 0.1) is 29.1 Å². The van der Waals surface area contributed by atoms with Crippen LogP contribution in [-0.2, 0) is 11.0 Å². The molecule has 170 valence electrons. The molecule has 31 heavy (non-hydrogen) atoms. The molecule has 8 heteroatoms. The molecule has 0 aliphatic carbocycles. The summed E-state index contributed by atoms with van der Waals surface area (Å²) in [4.78, 5) is 17.1. The van der Waals surface area contributed by atoms with Crippen LogP contribution in [0.4, 0.5) is 18.9 Å². The van der Waals surface area contributed by atoms with Gasteiger partial charge < -0.3 is 15.1 Å². The van der Waals surface area contributed by atoms with E-state index in [4.69, 9.17) is 5.26 Å². The number of benzene rings is 1. The van der Waals surface area contributed by atoms with Crippen LogP contribution in [0.1, 0.15) is 44.7 Å². The molecule has 2 aliphatic rings. The van der Waals surface area contributed by atoms with Gasteiger partial charge in [0.1, 0.15) is 0 Å². The van der Waals surface area contributed by atoms with Gasteiger partial charge in [-0.2, -0.15) is 18.4 Å². The van der Waals surface area contributed by atoms with Crippen molar-refractivity contribution >= 4 is 11.6 Å². The number of nitrogens with zero attached hydrogens (tertiary/aromatic N) is 3. The molecule has 1 aromatic carbocycles. The van der Waals surface area contributed by atoms with Crippen LogP contribution in [0.15, 0.2) is 18.2 Å². The molecule has 0 saturated carbocycles. The van der Waals surface area contributed by atoms with E-state index in [1.807, 2.05) is 11.8 Å². The molecule has 1 aromatic rings. The van der Waals surface area contributed by atoms with Crippen LogP contribution in [-0.4, -0.2) is 49.6 Å². The van der Waals surface area contributed by atoms with Crippen LogP contribution in [0.5, 0.6) is 0 Å². The second-order valence-electron chi connectivity index (χ2n) is 8.88. The third kappa shape index (κ3) is 5.15. The van der Waals surface area contributed by atoms with Gasteiger partial charge in [-0.1, -0.05) is 0 Å². The molecule has 0 unspecified atom stereocenters. The normalized spacial score (nSPS) is 23.2. The number of carbonyl (C=O) groups excluding carboxylic acids is 1. The predicted molar refractivity (Wildman–Crippen MR) is 113 cm³/mol. The van der Waals surface area contributed by atoms with E-state index in [2.05, 4.69) is 24.1 Å². The predicted octanol–water partition coefficient (Wildman–Crippen LogP) is 3.89. The Balaban J connectivity index is 1.84. The topological polar surface area (TPSA) is 59.4 Å². The highest BCUT2D eigenvalue weighted by molar-refractivity contribution is 5.80. The molecule has 2 fully saturated rings. The first kappa shape index (κ1) is 23.4. The second-order valence-corrected chi connectivity index (χ2v) is 8.88. The molecule has 3 rings (SSSR count). The molecule has 0 aromatic heterocycles. The Labute approximate surface area is 182 Å². The van der Waals surface area contributed by atoms with Crippen LogP contribution in [0.25, 0.3) is 0 Å². The highest BCUT2D eigenvalue weighted by atomic mass is 19.4. The first-order valence-electron chi connectivity index (χ1n) is 11.0. The molecule has 2 heterocycles. The summed E-state index contributed by atoms with van der Waals surface area (Å²) in [7, 11) is 0. The summed E-state index contributed by atoms with van der Waals surface area (Å²) in [6, 6.07) is 5.96. The van der Waals surface area contributed by atoms with Crippen LogP contribution < -0.4 is 10.2 Å². The standard InChI is InChI=1S/C23H31F3N4O/c1-4-28-22(31)20-14-30(13-19(20)16-7-9-29(10-8-16)15(2)3)18-6-5-17(12-27)21(11-18)23(24,25)26/h5-6,11,15-16,19-20H,4,7-10,13-14H2,1-3H3,(H,28,31)/t19-,20+/m0/s1. The summed E-state index contributed by atoms with van der Waals surface area (Å²) in [6.07, 6.45) is -2.61. The molecule has 2 aliphatic heterocycles. The van der Waals surface area contributed by atoms with Gasteiger partial charge in [-0.15, -0.1) is 0 Å². The fourth-order valence-corrected chi connectivity index (χ4v) is 5.03. The molecule has 5 nitrogen and oxygen atoms in total. The molecule has 2 atom stereocenters.